The van der Waals surface area contributed by atoms with Crippen molar-refractivity contribution in [1.82, 2.24) is 10.2 Å². The molecule has 4 aromatic rings. The Morgan fingerprint density at radius 1 is 0.804 bits per heavy atom. The molecule has 0 unspecified atom stereocenters. The molecular formula is C36H39Cl2N3O4S. The standard InChI is InChI=1S/C36H39Cl2N3O4S/c1-25-11-15-28(16-12-25)23-40(33(35(43)39-36(3,4)5)21-27-9-7-6-8-10-27)34(42)24-41(32-22-29(37)17-20-31(32)38)46(44,45)30-18-13-26(2)14-19-30/h6-20,22,33H,21,23-24H2,1-5H3,(H,39,43)/t33-/m1/s1. The van der Waals surface area contributed by atoms with Gasteiger partial charge in [-0.1, -0.05) is 101 Å². The number of carbonyl (C=O) groups is 2. The van der Waals surface area contributed by atoms with Crippen LogP contribution in [0.3, 0.4) is 0 Å². The van der Waals surface area contributed by atoms with Gasteiger partial charge in [0.15, 0.2) is 0 Å². The molecule has 0 saturated carbocycles. The SMILES string of the molecule is Cc1ccc(CN(C(=O)CN(c2cc(Cl)ccc2Cl)S(=O)(=O)c2ccc(C)cc2)[C@H](Cc2ccccc2)C(=O)NC(C)(C)C)cc1. The maximum atomic E-state index is 14.6. The molecule has 0 saturated heterocycles. The second-order valence-electron chi connectivity index (χ2n) is 12.4. The van der Waals surface area contributed by atoms with Gasteiger partial charge in [0, 0.05) is 23.5 Å². The number of aryl methyl sites for hydroxylation is 2. The Bertz CT molecular complexity index is 1770. The van der Waals surface area contributed by atoms with Gasteiger partial charge in [-0.05, 0) is 76.1 Å². The van der Waals surface area contributed by atoms with Gasteiger partial charge in [-0.2, -0.15) is 0 Å². The van der Waals surface area contributed by atoms with Gasteiger partial charge in [-0.3, -0.25) is 13.9 Å². The summed E-state index contributed by atoms with van der Waals surface area (Å²) in [6.45, 7) is 8.86. The van der Waals surface area contributed by atoms with E-state index < -0.39 is 34.1 Å². The van der Waals surface area contributed by atoms with Crippen molar-refractivity contribution in [2.75, 3.05) is 10.8 Å². The molecule has 0 aromatic heterocycles. The molecule has 0 aliphatic carbocycles. The van der Waals surface area contributed by atoms with Crippen LogP contribution in [0, 0.1) is 13.8 Å². The minimum absolute atomic E-state index is 0.0154. The van der Waals surface area contributed by atoms with Gasteiger partial charge in [-0.25, -0.2) is 8.42 Å². The van der Waals surface area contributed by atoms with Crippen molar-refractivity contribution in [1.29, 1.82) is 0 Å². The van der Waals surface area contributed by atoms with Crippen LogP contribution in [0.5, 0.6) is 0 Å². The molecule has 7 nitrogen and oxygen atoms in total. The smallest absolute Gasteiger partial charge is 0.264 e. The van der Waals surface area contributed by atoms with Crippen molar-refractivity contribution >= 4 is 50.7 Å². The normalized spacial score (nSPS) is 12.3. The second kappa shape index (κ2) is 14.7. The molecule has 0 fully saturated rings. The zero-order chi connectivity index (χ0) is 33.6. The van der Waals surface area contributed by atoms with Crippen LogP contribution in [0.15, 0.2) is 102 Å². The number of hydrogen-bond acceptors (Lipinski definition) is 4. The third kappa shape index (κ3) is 9.12. The van der Waals surface area contributed by atoms with Gasteiger partial charge in [0.05, 0.1) is 15.6 Å². The number of carbonyl (C=O) groups excluding carboxylic acids is 2. The van der Waals surface area contributed by atoms with Crippen molar-refractivity contribution in [2.45, 2.75) is 64.1 Å². The summed E-state index contributed by atoms with van der Waals surface area (Å²) in [4.78, 5) is 30.0. The molecule has 0 radical (unpaired) electrons. The number of sulfonamides is 1. The summed E-state index contributed by atoms with van der Waals surface area (Å²) in [6.07, 6.45) is 0.211. The quantitative estimate of drug-likeness (QED) is 0.179. The summed E-state index contributed by atoms with van der Waals surface area (Å²) in [5, 5.41) is 3.38. The first-order valence-electron chi connectivity index (χ1n) is 14.9. The maximum absolute atomic E-state index is 14.6. The highest BCUT2D eigenvalue weighted by Crippen LogP contribution is 2.33. The molecule has 0 heterocycles. The monoisotopic (exact) mass is 679 g/mol. The van der Waals surface area contributed by atoms with E-state index in [4.69, 9.17) is 23.2 Å². The van der Waals surface area contributed by atoms with Crippen LogP contribution in [0.4, 0.5) is 5.69 Å². The van der Waals surface area contributed by atoms with Crippen molar-refractivity contribution in [3.05, 3.63) is 129 Å². The minimum Gasteiger partial charge on any atom is -0.350 e. The molecule has 10 heteroatoms. The molecule has 4 aromatic carbocycles. The van der Waals surface area contributed by atoms with Crippen LogP contribution in [0.1, 0.15) is 43.0 Å². The van der Waals surface area contributed by atoms with Crippen LogP contribution in [-0.4, -0.2) is 43.3 Å². The molecule has 1 atom stereocenters. The largest absolute Gasteiger partial charge is 0.350 e. The minimum atomic E-state index is -4.31. The van der Waals surface area contributed by atoms with E-state index in [9.17, 15) is 18.0 Å². The molecule has 0 spiro atoms. The summed E-state index contributed by atoms with van der Waals surface area (Å²) in [6, 6.07) is 26.9. The van der Waals surface area contributed by atoms with E-state index in [-0.39, 0.29) is 39.5 Å². The summed E-state index contributed by atoms with van der Waals surface area (Å²) >= 11 is 12.9. The lowest BCUT2D eigenvalue weighted by atomic mass is 10.0. The van der Waals surface area contributed by atoms with Gasteiger partial charge >= 0.3 is 0 Å². The van der Waals surface area contributed by atoms with Crippen molar-refractivity contribution in [2.24, 2.45) is 0 Å². The Balaban J connectivity index is 1.84. The van der Waals surface area contributed by atoms with Crippen molar-refractivity contribution in [3.8, 4) is 0 Å². The van der Waals surface area contributed by atoms with Crippen LogP contribution in [0.2, 0.25) is 10.0 Å². The van der Waals surface area contributed by atoms with Gasteiger partial charge in [0.2, 0.25) is 11.8 Å². The summed E-state index contributed by atoms with van der Waals surface area (Å²) in [5.41, 5.74) is 3.02. The van der Waals surface area contributed by atoms with E-state index in [0.717, 1.165) is 26.6 Å². The zero-order valence-corrected chi connectivity index (χ0v) is 29.0. The first-order chi connectivity index (χ1) is 21.6. The number of nitrogens with one attached hydrogen (secondary N) is 1. The van der Waals surface area contributed by atoms with Crippen molar-refractivity contribution in [3.63, 3.8) is 0 Å². The topological polar surface area (TPSA) is 86.8 Å². The number of halogens is 2. The second-order valence-corrected chi connectivity index (χ2v) is 15.1. The van der Waals surface area contributed by atoms with Crippen LogP contribution in [0.25, 0.3) is 0 Å². The average molecular weight is 681 g/mol. The maximum Gasteiger partial charge on any atom is 0.264 e. The highest BCUT2D eigenvalue weighted by atomic mass is 35.5. The van der Waals surface area contributed by atoms with E-state index in [1.165, 1.54) is 29.2 Å². The molecule has 0 aliphatic rings. The lowest BCUT2D eigenvalue weighted by Gasteiger charge is -2.35. The summed E-state index contributed by atoms with van der Waals surface area (Å²) in [7, 11) is -4.31. The summed E-state index contributed by atoms with van der Waals surface area (Å²) < 4.78 is 29.4. The molecule has 1 N–H and O–H groups in total. The van der Waals surface area contributed by atoms with E-state index in [1.54, 1.807) is 18.2 Å². The Morgan fingerprint density at radius 3 is 1.98 bits per heavy atom. The first kappa shape index (κ1) is 35.0. The molecule has 2 amide bonds. The lowest BCUT2D eigenvalue weighted by molar-refractivity contribution is -0.140. The fraction of sp³-hybridized carbons (Fsp3) is 0.278. The Hall–Kier alpha value is -3.85. The van der Waals surface area contributed by atoms with E-state index in [0.29, 0.717) is 0 Å². The van der Waals surface area contributed by atoms with E-state index >= 15 is 0 Å². The van der Waals surface area contributed by atoms with E-state index in [1.807, 2.05) is 89.2 Å². The fourth-order valence-electron chi connectivity index (χ4n) is 4.92. The van der Waals surface area contributed by atoms with Gasteiger partial charge in [0.25, 0.3) is 10.0 Å². The fourth-order valence-corrected chi connectivity index (χ4v) is 6.79. The Kier molecular flexibility index (Phi) is 11.2. The number of benzene rings is 4. The zero-order valence-electron chi connectivity index (χ0n) is 26.6. The molecule has 46 heavy (non-hydrogen) atoms. The predicted molar refractivity (Wildman–Crippen MR) is 186 cm³/mol. The van der Waals surface area contributed by atoms with Crippen LogP contribution >= 0.6 is 23.2 Å². The molecular weight excluding hydrogens is 641 g/mol. The van der Waals surface area contributed by atoms with Crippen molar-refractivity contribution < 1.29 is 18.0 Å². The number of nitrogens with zero attached hydrogens (tertiary/aromatic N) is 2. The lowest BCUT2D eigenvalue weighted by Crippen LogP contribution is -2.56. The molecule has 4 rings (SSSR count). The molecule has 242 valence electrons. The highest BCUT2D eigenvalue weighted by Gasteiger charge is 2.36. The third-order valence-corrected chi connectivity index (χ3v) is 9.64. The number of anilines is 1. The first-order valence-corrected chi connectivity index (χ1v) is 17.1. The van der Waals surface area contributed by atoms with E-state index in [2.05, 4.69) is 5.32 Å². The highest BCUT2D eigenvalue weighted by molar-refractivity contribution is 7.92. The summed E-state index contributed by atoms with van der Waals surface area (Å²) in [5.74, 6) is -0.942. The Labute approximate surface area is 282 Å². The number of amides is 2. The van der Waals surface area contributed by atoms with Crippen LogP contribution < -0.4 is 9.62 Å². The van der Waals surface area contributed by atoms with Gasteiger partial charge in [-0.15, -0.1) is 0 Å². The average Bonchev–Trinajstić information content (AvgIpc) is 2.99. The molecule has 0 bridgehead atoms. The Morgan fingerprint density at radius 2 is 1.39 bits per heavy atom. The number of hydrogen-bond donors (Lipinski definition) is 1. The van der Waals surface area contributed by atoms with Gasteiger partial charge < -0.3 is 10.2 Å². The number of rotatable bonds is 11. The van der Waals surface area contributed by atoms with Gasteiger partial charge in [0.1, 0.15) is 12.6 Å². The van der Waals surface area contributed by atoms with Crippen LogP contribution in [-0.2, 0) is 32.6 Å². The third-order valence-electron chi connectivity index (χ3n) is 7.31. The molecule has 0 aliphatic heterocycles. The predicted octanol–water partition coefficient (Wildman–Crippen LogP) is 7.36.